The fourth-order valence-electron chi connectivity index (χ4n) is 4.44. The number of carboxylic acid groups (broad SMARTS) is 1. The Labute approximate surface area is 190 Å². The predicted octanol–water partition coefficient (Wildman–Crippen LogP) is 1.59. The van der Waals surface area contributed by atoms with Gasteiger partial charge >= 0.3 is 12.1 Å². The molecule has 2 aliphatic rings. The maximum Gasteiger partial charge on any atom is 0.407 e. The van der Waals surface area contributed by atoms with Crippen LogP contribution >= 0.6 is 0 Å². The van der Waals surface area contributed by atoms with Crippen molar-refractivity contribution in [3.8, 4) is 11.1 Å². The number of benzene rings is 2. The van der Waals surface area contributed by atoms with E-state index in [0.29, 0.717) is 0 Å². The highest BCUT2D eigenvalue weighted by Crippen LogP contribution is 2.44. The van der Waals surface area contributed by atoms with Crippen molar-refractivity contribution in [2.24, 2.45) is 0 Å². The first kappa shape index (κ1) is 22.8. The molecule has 0 aromatic heterocycles. The maximum atomic E-state index is 12.2. The lowest BCUT2D eigenvalue weighted by molar-refractivity contribution is -0.150. The largest absolute Gasteiger partial charge is 0.480 e. The molecule has 1 heterocycles. The van der Waals surface area contributed by atoms with E-state index in [1.54, 1.807) is 0 Å². The van der Waals surface area contributed by atoms with E-state index in [-0.39, 0.29) is 45.2 Å². The van der Waals surface area contributed by atoms with E-state index in [1.807, 2.05) is 36.4 Å². The number of hydrogen-bond donors (Lipinski definition) is 3. The van der Waals surface area contributed by atoms with Gasteiger partial charge < -0.3 is 29.9 Å². The van der Waals surface area contributed by atoms with E-state index >= 15 is 0 Å². The molecule has 2 amide bonds. The summed E-state index contributed by atoms with van der Waals surface area (Å²) in [5.74, 6) is -1.70. The van der Waals surface area contributed by atoms with Gasteiger partial charge in [0, 0.05) is 25.4 Å². The minimum Gasteiger partial charge on any atom is -0.480 e. The number of carboxylic acids is 1. The lowest BCUT2D eigenvalue weighted by atomic mass is 9.98. The van der Waals surface area contributed by atoms with Crippen molar-refractivity contribution in [1.82, 2.24) is 10.2 Å². The third kappa shape index (κ3) is 4.99. The summed E-state index contributed by atoms with van der Waals surface area (Å²) in [5.41, 5.74) is 4.55. The predicted molar refractivity (Wildman–Crippen MR) is 118 cm³/mol. The summed E-state index contributed by atoms with van der Waals surface area (Å²) in [5, 5.41) is 21.4. The zero-order valence-electron chi connectivity index (χ0n) is 18.0. The van der Waals surface area contributed by atoms with E-state index < -0.39 is 30.1 Å². The van der Waals surface area contributed by atoms with Crippen LogP contribution in [0.5, 0.6) is 0 Å². The van der Waals surface area contributed by atoms with Gasteiger partial charge in [0.1, 0.15) is 19.3 Å². The van der Waals surface area contributed by atoms with Crippen LogP contribution in [0.4, 0.5) is 4.79 Å². The Bertz CT molecular complexity index is 995. The van der Waals surface area contributed by atoms with Crippen LogP contribution in [0.25, 0.3) is 11.1 Å². The third-order valence-corrected chi connectivity index (χ3v) is 5.97. The molecule has 0 spiro atoms. The molecule has 0 bridgehead atoms. The van der Waals surface area contributed by atoms with Crippen LogP contribution in [-0.2, 0) is 19.1 Å². The fourth-order valence-corrected chi connectivity index (χ4v) is 4.44. The summed E-state index contributed by atoms with van der Waals surface area (Å²) < 4.78 is 10.7. The molecule has 2 aromatic rings. The van der Waals surface area contributed by atoms with E-state index in [4.69, 9.17) is 14.6 Å². The van der Waals surface area contributed by atoms with Crippen molar-refractivity contribution < 1.29 is 34.1 Å². The molecule has 9 nitrogen and oxygen atoms in total. The number of β-amino-alcohol motifs (C(OH)–C–C–N with tert-alkyl or cyclic N) is 1. The number of likely N-dealkylation sites (tertiary alicyclic amines) is 1. The second kappa shape index (κ2) is 10.0. The van der Waals surface area contributed by atoms with Crippen molar-refractivity contribution in [3.05, 3.63) is 59.7 Å². The first-order chi connectivity index (χ1) is 16.0. The van der Waals surface area contributed by atoms with Gasteiger partial charge in [0.25, 0.3) is 0 Å². The van der Waals surface area contributed by atoms with E-state index in [9.17, 15) is 19.5 Å². The summed E-state index contributed by atoms with van der Waals surface area (Å²) >= 11 is 0. The van der Waals surface area contributed by atoms with Crippen molar-refractivity contribution >= 4 is 18.0 Å². The lowest BCUT2D eigenvalue weighted by Crippen LogP contribution is -2.42. The normalized spacial score (nSPS) is 19.1. The molecule has 1 aliphatic heterocycles. The van der Waals surface area contributed by atoms with Crippen molar-refractivity contribution in [3.63, 3.8) is 0 Å². The van der Waals surface area contributed by atoms with Crippen LogP contribution < -0.4 is 5.32 Å². The van der Waals surface area contributed by atoms with Gasteiger partial charge in [-0.25, -0.2) is 9.59 Å². The summed E-state index contributed by atoms with van der Waals surface area (Å²) in [6.07, 6.45) is -1.43. The Balaban J connectivity index is 1.19. The van der Waals surface area contributed by atoms with Gasteiger partial charge in [-0.2, -0.15) is 0 Å². The average molecular weight is 454 g/mol. The van der Waals surface area contributed by atoms with Gasteiger partial charge in [-0.3, -0.25) is 4.79 Å². The van der Waals surface area contributed by atoms with Gasteiger partial charge in [0.05, 0.1) is 12.7 Å². The molecule has 1 saturated heterocycles. The summed E-state index contributed by atoms with van der Waals surface area (Å²) in [4.78, 5) is 36.6. The molecule has 2 aromatic carbocycles. The van der Waals surface area contributed by atoms with Gasteiger partial charge in [0.2, 0.25) is 5.91 Å². The molecule has 0 radical (unpaired) electrons. The van der Waals surface area contributed by atoms with E-state index in [1.165, 1.54) is 0 Å². The lowest BCUT2D eigenvalue weighted by Gasteiger charge is -2.21. The number of nitrogens with zero attached hydrogens (tertiary/aromatic N) is 1. The number of ether oxygens (including phenoxy) is 2. The number of aliphatic hydroxyl groups is 1. The number of rotatable bonds is 8. The molecule has 1 fully saturated rings. The van der Waals surface area contributed by atoms with E-state index in [0.717, 1.165) is 27.2 Å². The summed E-state index contributed by atoms with van der Waals surface area (Å²) in [6.45, 7) is 0.0338. The highest BCUT2D eigenvalue weighted by Gasteiger charge is 2.38. The zero-order chi connectivity index (χ0) is 23.4. The smallest absolute Gasteiger partial charge is 0.407 e. The molecule has 2 atom stereocenters. The molecular formula is C24H26N2O7. The summed E-state index contributed by atoms with van der Waals surface area (Å²) in [7, 11) is 0. The third-order valence-electron chi connectivity index (χ3n) is 5.97. The van der Waals surface area contributed by atoms with Crippen molar-refractivity contribution in [1.29, 1.82) is 0 Å². The molecule has 33 heavy (non-hydrogen) atoms. The SMILES string of the molecule is O=C(NCCOCC(=O)N1C[C@@H](O)C[C@H]1C(=O)O)OCC1c2ccccc2-c2ccccc21. The van der Waals surface area contributed by atoms with E-state index in [2.05, 4.69) is 17.4 Å². The minimum atomic E-state index is -1.16. The fraction of sp³-hybridized carbons (Fsp3) is 0.375. The molecular weight excluding hydrogens is 428 g/mol. The highest BCUT2D eigenvalue weighted by atomic mass is 16.5. The quantitative estimate of drug-likeness (QED) is 0.517. The second-order valence-corrected chi connectivity index (χ2v) is 8.09. The first-order valence-electron chi connectivity index (χ1n) is 10.8. The number of hydrogen-bond acceptors (Lipinski definition) is 6. The van der Waals surface area contributed by atoms with Crippen LogP contribution in [0.15, 0.2) is 48.5 Å². The second-order valence-electron chi connectivity index (χ2n) is 8.09. The molecule has 3 N–H and O–H groups in total. The molecule has 4 rings (SSSR count). The van der Waals surface area contributed by atoms with Crippen LogP contribution in [0.3, 0.4) is 0 Å². The number of aliphatic hydroxyl groups excluding tert-OH is 1. The van der Waals surface area contributed by atoms with Crippen LogP contribution in [0, 0.1) is 0 Å². The molecule has 9 heteroatoms. The first-order valence-corrected chi connectivity index (χ1v) is 10.8. The monoisotopic (exact) mass is 454 g/mol. The van der Waals surface area contributed by atoms with Crippen LogP contribution in [0.1, 0.15) is 23.5 Å². The Morgan fingerprint density at radius 2 is 1.67 bits per heavy atom. The molecule has 0 unspecified atom stereocenters. The Morgan fingerprint density at radius 1 is 1.03 bits per heavy atom. The number of carbonyl (C=O) groups is 3. The average Bonchev–Trinajstić information content (AvgIpc) is 3.36. The Kier molecular flexibility index (Phi) is 6.90. The zero-order valence-corrected chi connectivity index (χ0v) is 18.0. The van der Waals surface area contributed by atoms with Crippen molar-refractivity contribution in [2.45, 2.75) is 24.5 Å². The number of alkyl carbamates (subject to hydrolysis) is 1. The van der Waals surface area contributed by atoms with Gasteiger partial charge in [-0.15, -0.1) is 0 Å². The number of carbonyl (C=O) groups excluding carboxylic acids is 2. The van der Waals surface area contributed by atoms with Crippen molar-refractivity contribution in [2.75, 3.05) is 32.9 Å². The minimum absolute atomic E-state index is 0.00438. The van der Waals surface area contributed by atoms with Gasteiger partial charge in [-0.1, -0.05) is 48.5 Å². The van der Waals surface area contributed by atoms with Crippen LogP contribution in [0.2, 0.25) is 0 Å². The topological polar surface area (TPSA) is 125 Å². The number of nitrogens with one attached hydrogen (secondary N) is 1. The number of aliphatic carboxylic acids is 1. The Hall–Kier alpha value is -3.43. The molecule has 1 aliphatic carbocycles. The summed E-state index contributed by atoms with van der Waals surface area (Å²) in [6, 6.07) is 15.1. The van der Waals surface area contributed by atoms with Crippen LogP contribution in [-0.4, -0.2) is 78.1 Å². The Morgan fingerprint density at radius 3 is 2.30 bits per heavy atom. The molecule has 174 valence electrons. The number of fused-ring (bicyclic) bond motifs is 3. The maximum absolute atomic E-state index is 12.2. The van der Waals surface area contributed by atoms with Gasteiger partial charge in [-0.05, 0) is 22.3 Å². The number of amides is 2. The van der Waals surface area contributed by atoms with Gasteiger partial charge in [0.15, 0.2) is 0 Å². The standard InChI is InChI=1S/C24H26N2O7/c27-15-11-21(23(29)30)26(12-15)22(28)14-32-10-9-25-24(31)33-13-20-18-7-3-1-5-16(18)17-6-2-4-8-19(17)20/h1-8,15,20-21,27H,9-14H2,(H,25,31)(H,29,30)/t15-,21-/m0/s1. The molecule has 0 saturated carbocycles. The highest BCUT2D eigenvalue weighted by molar-refractivity contribution is 5.85.